The van der Waals surface area contributed by atoms with E-state index in [-0.39, 0.29) is 5.75 Å². The molecule has 2 heterocycles. The molecule has 3 aromatic rings. The minimum Gasteiger partial charge on any atom is -0.507 e. The lowest BCUT2D eigenvalue weighted by Gasteiger charge is -2.02. The normalized spacial score (nSPS) is 11.0. The van der Waals surface area contributed by atoms with Crippen LogP contribution in [0, 0.1) is 0 Å². The fourth-order valence-corrected chi connectivity index (χ4v) is 2.97. The molecule has 0 amide bonds. The Bertz CT molecular complexity index is 752. The van der Waals surface area contributed by atoms with E-state index in [2.05, 4.69) is 27.2 Å². The van der Waals surface area contributed by atoms with E-state index in [9.17, 15) is 5.11 Å². The van der Waals surface area contributed by atoms with Gasteiger partial charge >= 0.3 is 0 Å². The molecule has 0 radical (unpaired) electrons. The zero-order chi connectivity index (χ0) is 15.4. The molecule has 0 saturated heterocycles. The van der Waals surface area contributed by atoms with Gasteiger partial charge in [-0.25, -0.2) is 4.98 Å². The van der Waals surface area contributed by atoms with E-state index < -0.39 is 0 Å². The number of phenolic OH excluding ortho intramolecular Hbond substituents is 1. The SMILES string of the molecule is CCn1nccc1CCSc1n[nH]c(-c2ccccc2O)n1. The van der Waals surface area contributed by atoms with Crippen LogP contribution in [0.25, 0.3) is 11.4 Å². The summed E-state index contributed by atoms with van der Waals surface area (Å²) in [5.74, 6) is 1.66. The third-order valence-electron chi connectivity index (χ3n) is 3.32. The Labute approximate surface area is 132 Å². The highest BCUT2D eigenvalue weighted by atomic mass is 32.2. The molecule has 2 N–H and O–H groups in total. The van der Waals surface area contributed by atoms with E-state index >= 15 is 0 Å². The summed E-state index contributed by atoms with van der Waals surface area (Å²) in [5.41, 5.74) is 1.87. The number of aromatic amines is 1. The van der Waals surface area contributed by atoms with Crippen LogP contribution in [0.2, 0.25) is 0 Å². The second kappa shape index (κ2) is 6.65. The molecule has 3 rings (SSSR count). The first kappa shape index (κ1) is 14.6. The second-order valence-corrected chi connectivity index (χ2v) is 5.78. The van der Waals surface area contributed by atoms with Crippen LogP contribution in [0.4, 0.5) is 0 Å². The largest absolute Gasteiger partial charge is 0.507 e. The number of nitrogens with one attached hydrogen (secondary N) is 1. The first-order valence-electron chi connectivity index (χ1n) is 7.12. The van der Waals surface area contributed by atoms with Crippen molar-refractivity contribution in [3.05, 3.63) is 42.2 Å². The maximum Gasteiger partial charge on any atom is 0.208 e. The quantitative estimate of drug-likeness (QED) is 0.684. The molecule has 1 aromatic carbocycles. The minimum atomic E-state index is 0.196. The predicted octanol–water partition coefficient (Wildman–Crippen LogP) is 2.73. The van der Waals surface area contributed by atoms with Crippen LogP contribution in [0.5, 0.6) is 5.75 Å². The number of aromatic hydroxyl groups is 1. The van der Waals surface area contributed by atoms with Crippen molar-refractivity contribution in [3.8, 4) is 17.1 Å². The van der Waals surface area contributed by atoms with E-state index in [0.717, 1.165) is 18.7 Å². The maximum atomic E-state index is 9.83. The Morgan fingerprint density at radius 1 is 1.27 bits per heavy atom. The number of para-hydroxylation sites is 1. The Kier molecular flexibility index (Phi) is 4.43. The Hall–Kier alpha value is -2.28. The lowest BCUT2D eigenvalue weighted by molar-refractivity contribution is 0.477. The molecule has 0 unspecified atom stereocenters. The molecular weight excluding hydrogens is 298 g/mol. The topological polar surface area (TPSA) is 79.6 Å². The van der Waals surface area contributed by atoms with Crippen LogP contribution < -0.4 is 0 Å². The number of phenols is 1. The van der Waals surface area contributed by atoms with Crippen LogP contribution in [0.1, 0.15) is 12.6 Å². The molecule has 0 aliphatic carbocycles. The third-order valence-corrected chi connectivity index (χ3v) is 4.17. The summed E-state index contributed by atoms with van der Waals surface area (Å²) < 4.78 is 1.99. The van der Waals surface area contributed by atoms with Crippen molar-refractivity contribution in [1.29, 1.82) is 0 Å². The average Bonchev–Trinajstić information content (AvgIpc) is 3.17. The minimum absolute atomic E-state index is 0.196. The molecular formula is C15H17N5OS. The van der Waals surface area contributed by atoms with Crippen LogP contribution in [0.15, 0.2) is 41.7 Å². The summed E-state index contributed by atoms with van der Waals surface area (Å²) >= 11 is 1.58. The highest BCUT2D eigenvalue weighted by Gasteiger charge is 2.10. The summed E-state index contributed by atoms with van der Waals surface area (Å²) in [5, 5.41) is 21.8. The van der Waals surface area contributed by atoms with Crippen molar-refractivity contribution < 1.29 is 5.11 Å². The van der Waals surface area contributed by atoms with Gasteiger partial charge in [0.15, 0.2) is 5.82 Å². The zero-order valence-corrected chi connectivity index (χ0v) is 13.0. The van der Waals surface area contributed by atoms with Crippen LogP contribution in [-0.4, -0.2) is 35.8 Å². The highest BCUT2D eigenvalue weighted by Crippen LogP contribution is 2.27. The summed E-state index contributed by atoms with van der Waals surface area (Å²) in [6.07, 6.45) is 2.74. The molecule has 0 aliphatic rings. The lowest BCUT2D eigenvalue weighted by Crippen LogP contribution is -2.03. The zero-order valence-electron chi connectivity index (χ0n) is 12.2. The van der Waals surface area contributed by atoms with E-state index in [1.165, 1.54) is 5.69 Å². The van der Waals surface area contributed by atoms with Gasteiger partial charge in [-0.3, -0.25) is 9.78 Å². The molecule has 2 aromatic heterocycles. The molecule has 114 valence electrons. The fourth-order valence-electron chi connectivity index (χ4n) is 2.21. The molecule has 0 saturated carbocycles. The summed E-state index contributed by atoms with van der Waals surface area (Å²) in [6.45, 7) is 2.96. The van der Waals surface area contributed by atoms with Crippen LogP contribution in [-0.2, 0) is 13.0 Å². The molecule has 22 heavy (non-hydrogen) atoms. The van der Waals surface area contributed by atoms with Gasteiger partial charge < -0.3 is 5.11 Å². The molecule has 0 spiro atoms. The number of aromatic nitrogens is 5. The van der Waals surface area contributed by atoms with E-state index in [0.29, 0.717) is 16.5 Å². The fraction of sp³-hybridized carbons (Fsp3) is 0.267. The van der Waals surface area contributed by atoms with E-state index in [1.807, 2.05) is 29.1 Å². The maximum absolute atomic E-state index is 9.83. The summed E-state index contributed by atoms with van der Waals surface area (Å²) in [4.78, 5) is 4.42. The number of thioether (sulfide) groups is 1. The van der Waals surface area contributed by atoms with Gasteiger partial charge in [-0.15, -0.1) is 5.10 Å². The molecule has 0 bridgehead atoms. The lowest BCUT2D eigenvalue weighted by atomic mass is 10.2. The van der Waals surface area contributed by atoms with Crippen molar-refractivity contribution in [3.63, 3.8) is 0 Å². The molecule has 0 atom stereocenters. The molecule has 0 aliphatic heterocycles. The van der Waals surface area contributed by atoms with Crippen molar-refractivity contribution in [2.75, 3.05) is 5.75 Å². The van der Waals surface area contributed by atoms with Gasteiger partial charge in [0.05, 0.1) is 5.56 Å². The van der Waals surface area contributed by atoms with Crippen molar-refractivity contribution in [2.24, 2.45) is 0 Å². The van der Waals surface area contributed by atoms with Crippen molar-refractivity contribution in [2.45, 2.75) is 25.0 Å². The van der Waals surface area contributed by atoms with E-state index in [1.54, 1.807) is 23.9 Å². The second-order valence-electron chi connectivity index (χ2n) is 4.72. The summed E-state index contributed by atoms with van der Waals surface area (Å²) in [7, 11) is 0. The molecule has 7 heteroatoms. The standard InChI is InChI=1S/C15H17N5OS/c1-2-20-11(7-9-16-20)8-10-22-15-17-14(18-19-15)12-5-3-4-6-13(12)21/h3-7,9,21H,2,8,10H2,1H3,(H,17,18,19). The van der Waals surface area contributed by atoms with Gasteiger partial charge in [0.1, 0.15) is 5.75 Å². The smallest absolute Gasteiger partial charge is 0.208 e. The number of hydrogen-bond acceptors (Lipinski definition) is 5. The van der Waals surface area contributed by atoms with Gasteiger partial charge in [-0.05, 0) is 31.5 Å². The average molecular weight is 315 g/mol. The monoisotopic (exact) mass is 315 g/mol. The Morgan fingerprint density at radius 3 is 2.95 bits per heavy atom. The van der Waals surface area contributed by atoms with Gasteiger partial charge in [-0.2, -0.15) is 5.10 Å². The highest BCUT2D eigenvalue weighted by molar-refractivity contribution is 7.99. The Morgan fingerprint density at radius 2 is 2.14 bits per heavy atom. The first-order chi connectivity index (χ1) is 10.8. The Balaban J connectivity index is 1.62. The van der Waals surface area contributed by atoms with Crippen LogP contribution in [0.3, 0.4) is 0 Å². The number of hydrogen-bond donors (Lipinski definition) is 2. The number of nitrogens with zero attached hydrogens (tertiary/aromatic N) is 4. The van der Waals surface area contributed by atoms with Gasteiger partial charge in [0.25, 0.3) is 0 Å². The molecule has 6 nitrogen and oxygen atoms in total. The van der Waals surface area contributed by atoms with Crippen molar-refractivity contribution in [1.82, 2.24) is 25.0 Å². The van der Waals surface area contributed by atoms with Crippen LogP contribution >= 0.6 is 11.8 Å². The predicted molar refractivity (Wildman–Crippen MR) is 85.8 cm³/mol. The van der Waals surface area contributed by atoms with Crippen molar-refractivity contribution >= 4 is 11.8 Å². The van der Waals surface area contributed by atoms with Gasteiger partial charge in [-0.1, -0.05) is 23.9 Å². The number of aryl methyl sites for hydroxylation is 2. The number of H-pyrrole nitrogens is 1. The van der Waals surface area contributed by atoms with E-state index in [4.69, 9.17) is 0 Å². The first-order valence-corrected chi connectivity index (χ1v) is 8.10. The van der Waals surface area contributed by atoms with Gasteiger partial charge in [0, 0.05) is 24.2 Å². The summed E-state index contributed by atoms with van der Waals surface area (Å²) in [6, 6.07) is 9.12. The van der Waals surface area contributed by atoms with Gasteiger partial charge in [0.2, 0.25) is 5.16 Å². The molecule has 0 fully saturated rings. The number of rotatable bonds is 6. The number of benzene rings is 1. The third kappa shape index (κ3) is 3.14.